The molecule has 1 aromatic heterocycles. The number of rotatable bonds is 5. The van der Waals surface area contributed by atoms with Gasteiger partial charge in [-0.15, -0.1) is 0 Å². The van der Waals surface area contributed by atoms with Crippen molar-refractivity contribution in [1.82, 2.24) is 4.57 Å². The van der Waals surface area contributed by atoms with E-state index >= 15 is 0 Å². The van der Waals surface area contributed by atoms with Gasteiger partial charge < -0.3 is 4.74 Å². The normalized spacial score (nSPS) is 10.7. The highest BCUT2D eigenvalue weighted by Gasteiger charge is 2.17. The maximum absolute atomic E-state index is 9.53. The molecular weight excluding hydrogens is 298 g/mol. The minimum absolute atomic E-state index is 0.508. The Hall–Kier alpha value is -3.32. The summed E-state index contributed by atoms with van der Waals surface area (Å²) in [5.41, 5.74) is 3.40. The molecule has 3 aromatic rings. The third kappa shape index (κ3) is 3.06. The van der Waals surface area contributed by atoms with Crippen LogP contribution in [-0.2, 0) is 4.74 Å². The summed E-state index contributed by atoms with van der Waals surface area (Å²) >= 11 is 0. The molecule has 0 unspecified atom stereocenters. The van der Waals surface area contributed by atoms with E-state index in [-0.39, 0.29) is 0 Å². The number of nitrogens with zero attached hydrogens (tertiary/aromatic N) is 3. The van der Waals surface area contributed by atoms with Crippen LogP contribution in [0.3, 0.4) is 0 Å². The number of aromatic nitrogens is 1. The lowest BCUT2D eigenvalue weighted by Gasteiger charge is -2.11. The zero-order valence-electron chi connectivity index (χ0n) is 13.4. The molecule has 2 aromatic carbocycles. The van der Waals surface area contributed by atoms with Crippen LogP contribution in [0.4, 0.5) is 5.82 Å². The first-order chi connectivity index (χ1) is 11.8. The number of nitriles is 1. The Bertz CT molecular complexity index is 874. The fraction of sp³-hybridized carbons (Fsp3) is 0.100. The van der Waals surface area contributed by atoms with Crippen LogP contribution >= 0.6 is 0 Å². The fourth-order valence-corrected chi connectivity index (χ4v) is 2.53. The van der Waals surface area contributed by atoms with Crippen molar-refractivity contribution in [1.29, 1.82) is 5.26 Å². The van der Waals surface area contributed by atoms with Crippen LogP contribution < -0.4 is 0 Å². The standard InChI is InChI=1S/C20H17N3O/c1-2-24-15-22-20-17(14-21)13-19(16-9-5-3-6-10-16)23(20)18-11-7-4-8-12-18/h3-13,15H,2H2,1H3/b22-15-. The Labute approximate surface area is 141 Å². The highest BCUT2D eigenvalue weighted by atomic mass is 16.5. The SMILES string of the molecule is CCO/C=N\c1c(C#N)cc(-c2ccccc2)n1-c1ccccc1. The third-order valence-corrected chi connectivity index (χ3v) is 3.60. The van der Waals surface area contributed by atoms with Crippen LogP contribution in [0.2, 0.25) is 0 Å². The van der Waals surface area contributed by atoms with E-state index < -0.39 is 0 Å². The van der Waals surface area contributed by atoms with Gasteiger partial charge in [-0.2, -0.15) is 5.26 Å². The van der Waals surface area contributed by atoms with Crippen LogP contribution in [0.5, 0.6) is 0 Å². The van der Waals surface area contributed by atoms with Gasteiger partial charge in [0.25, 0.3) is 0 Å². The molecule has 0 aliphatic carbocycles. The molecule has 4 nitrogen and oxygen atoms in total. The van der Waals surface area contributed by atoms with Gasteiger partial charge in [-0.3, -0.25) is 4.57 Å². The summed E-state index contributed by atoms with van der Waals surface area (Å²) in [6.07, 6.45) is 1.39. The number of benzene rings is 2. The van der Waals surface area contributed by atoms with Gasteiger partial charge in [-0.25, -0.2) is 4.99 Å². The minimum atomic E-state index is 0.508. The molecule has 1 heterocycles. The van der Waals surface area contributed by atoms with E-state index in [1.54, 1.807) is 0 Å². The third-order valence-electron chi connectivity index (χ3n) is 3.60. The molecule has 0 fully saturated rings. The van der Waals surface area contributed by atoms with Gasteiger partial charge in [0.15, 0.2) is 12.2 Å². The Morgan fingerprint density at radius 2 is 1.75 bits per heavy atom. The number of hydrogen-bond donors (Lipinski definition) is 0. The molecule has 118 valence electrons. The Morgan fingerprint density at radius 1 is 1.08 bits per heavy atom. The van der Waals surface area contributed by atoms with Gasteiger partial charge in [0.1, 0.15) is 6.07 Å². The van der Waals surface area contributed by atoms with Crippen molar-refractivity contribution in [3.05, 3.63) is 72.3 Å². The van der Waals surface area contributed by atoms with E-state index in [2.05, 4.69) is 11.1 Å². The van der Waals surface area contributed by atoms with E-state index in [1.165, 1.54) is 6.40 Å². The van der Waals surface area contributed by atoms with Crippen molar-refractivity contribution in [2.24, 2.45) is 4.99 Å². The molecule has 0 aliphatic rings. The van der Waals surface area contributed by atoms with Crippen molar-refractivity contribution in [2.75, 3.05) is 6.61 Å². The quantitative estimate of drug-likeness (QED) is 0.505. The van der Waals surface area contributed by atoms with Crippen molar-refractivity contribution < 1.29 is 4.74 Å². The van der Waals surface area contributed by atoms with Crippen LogP contribution in [-0.4, -0.2) is 17.6 Å². The summed E-state index contributed by atoms with van der Waals surface area (Å²) in [6, 6.07) is 23.9. The minimum Gasteiger partial charge on any atom is -0.483 e. The smallest absolute Gasteiger partial charge is 0.176 e. The summed E-state index contributed by atoms with van der Waals surface area (Å²) in [7, 11) is 0. The molecule has 0 aliphatic heterocycles. The molecule has 0 saturated heterocycles. The average molecular weight is 315 g/mol. The number of hydrogen-bond acceptors (Lipinski definition) is 3. The second-order valence-electron chi connectivity index (χ2n) is 5.11. The van der Waals surface area contributed by atoms with Crippen molar-refractivity contribution >= 4 is 12.2 Å². The van der Waals surface area contributed by atoms with E-state index in [0.29, 0.717) is 18.0 Å². The Balaban J connectivity index is 2.25. The lowest BCUT2D eigenvalue weighted by atomic mass is 10.1. The summed E-state index contributed by atoms with van der Waals surface area (Å²) in [5.74, 6) is 0.566. The topological polar surface area (TPSA) is 50.3 Å². The molecular formula is C20H17N3O. The van der Waals surface area contributed by atoms with Crippen LogP contribution in [0.25, 0.3) is 16.9 Å². The highest BCUT2D eigenvalue weighted by molar-refractivity contribution is 5.74. The highest BCUT2D eigenvalue weighted by Crippen LogP contribution is 2.34. The van der Waals surface area contributed by atoms with E-state index in [0.717, 1.165) is 16.9 Å². The fourth-order valence-electron chi connectivity index (χ4n) is 2.53. The maximum atomic E-state index is 9.53. The summed E-state index contributed by atoms with van der Waals surface area (Å²) in [5, 5.41) is 9.53. The van der Waals surface area contributed by atoms with Crippen molar-refractivity contribution in [3.8, 4) is 23.0 Å². The second kappa shape index (κ2) is 7.30. The van der Waals surface area contributed by atoms with E-state index in [9.17, 15) is 5.26 Å². The zero-order chi connectivity index (χ0) is 16.8. The van der Waals surface area contributed by atoms with E-state index in [1.807, 2.05) is 78.2 Å². The van der Waals surface area contributed by atoms with Gasteiger partial charge in [0.05, 0.1) is 17.9 Å². The Kier molecular flexibility index (Phi) is 4.73. The van der Waals surface area contributed by atoms with E-state index in [4.69, 9.17) is 4.74 Å². The maximum Gasteiger partial charge on any atom is 0.176 e. The van der Waals surface area contributed by atoms with Crippen LogP contribution in [0, 0.1) is 11.3 Å². The number of ether oxygens (including phenoxy) is 1. The molecule has 0 N–H and O–H groups in total. The average Bonchev–Trinajstić information content (AvgIpc) is 3.02. The molecule has 0 atom stereocenters. The molecule has 24 heavy (non-hydrogen) atoms. The van der Waals surface area contributed by atoms with Crippen LogP contribution in [0.1, 0.15) is 12.5 Å². The molecule has 4 heteroatoms. The van der Waals surface area contributed by atoms with Crippen LogP contribution in [0.15, 0.2) is 71.7 Å². The predicted molar refractivity (Wildman–Crippen MR) is 95.7 cm³/mol. The lowest BCUT2D eigenvalue weighted by molar-refractivity contribution is 0.344. The summed E-state index contributed by atoms with van der Waals surface area (Å²) in [6.45, 7) is 2.42. The van der Waals surface area contributed by atoms with Gasteiger partial charge in [-0.1, -0.05) is 48.5 Å². The second-order valence-corrected chi connectivity index (χ2v) is 5.11. The van der Waals surface area contributed by atoms with Crippen molar-refractivity contribution in [2.45, 2.75) is 6.92 Å². The molecule has 0 saturated carbocycles. The molecule has 0 amide bonds. The summed E-state index contributed by atoms with van der Waals surface area (Å²) < 4.78 is 7.20. The number of para-hydroxylation sites is 1. The van der Waals surface area contributed by atoms with Gasteiger partial charge >= 0.3 is 0 Å². The molecule has 0 bridgehead atoms. The number of aliphatic imine (C=N–C) groups is 1. The molecule has 3 rings (SSSR count). The largest absolute Gasteiger partial charge is 0.483 e. The van der Waals surface area contributed by atoms with Gasteiger partial charge in [0, 0.05) is 5.69 Å². The lowest BCUT2D eigenvalue weighted by Crippen LogP contribution is -1.97. The predicted octanol–water partition coefficient (Wildman–Crippen LogP) is 4.71. The molecule has 0 spiro atoms. The van der Waals surface area contributed by atoms with Gasteiger partial charge in [-0.05, 0) is 30.7 Å². The zero-order valence-corrected chi connectivity index (χ0v) is 13.4. The first-order valence-electron chi connectivity index (χ1n) is 7.76. The summed E-state index contributed by atoms with van der Waals surface area (Å²) in [4.78, 5) is 4.38. The van der Waals surface area contributed by atoms with Crippen molar-refractivity contribution in [3.63, 3.8) is 0 Å². The first kappa shape index (κ1) is 15.6. The molecule has 0 radical (unpaired) electrons. The first-order valence-corrected chi connectivity index (χ1v) is 7.76. The van der Waals surface area contributed by atoms with Gasteiger partial charge in [0.2, 0.25) is 0 Å². The monoisotopic (exact) mass is 315 g/mol. The Morgan fingerprint density at radius 3 is 2.38 bits per heavy atom.